The molecule has 3 amide bonds. The summed E-state index contributed by atoms with van der Waals surface area (Å²) in [4.78, 5) is 40.9. The summed E-state index contributed by atoms with van der Waals surface area (Å²) in [5, 5.41) is 9.16. The molecule has 0 aromatic carbocycles. The molecular formula is C17H19N5O4S. The average molecular weight is 389 g/mol. The Balaban J connectivity index is 1.48. The standard InChI is InChI=1S/C17H19N5O4S/c1-12-9-13(20-26-12)17(25)22-8-4-7-21(22)16(24)11-27-10-15(23)19-14-5-2-3-6-18-14/h2-3,5-6,9H,4,7-8,10-11H2,1H3,(H,18,19,23). The molecule has 10 heteroatoms. The van der Waals surface area contributed by atoms with Crippen LogP contribution in [0.2, 0.25) is 0 Å². The first-order valence-corrected chi connectivity index (χ1v) is 9.54. The molecule has 0 saturated carbocycles. The van der Waals surface area contributed by atoms with Crippen LogP contribution in [0.25, 0.3) is 0 Å². The maximum atomic E-state index is 12.5. The zero-order valence-electron chi connectivity index (χ0n) is 14.8. The van der Waals surface area contributed by atoms with Gasteiger partial charge in [-0.1, -0.05) is 11.2 Å². The smallest absolute Gasteiger partial charge is 0.294 e. The fraction of sp³-hybridized carbons (Fsp3) is 0.353. The van der Waals surface area contributed by atoms with Gasteiger partial charge in [0.15, 0.2) is 5.69 Å². The Morgan fingerprint density at radius 2 is 2.04 bits per heavy atom. The summed E-state index contributed by atoms with van der Waals surface area (Å²) in [7, 11) is 0. The number of aryl methyl sites for hydroxylation is 1. The van der Waals surface area contributed by atoms with E-state index in [4.69, 9.17) is 4.52 Å². The van der Waals surface area contributed by atoms with Crippen LogP contribution in [0.3, 0.4) is 0 Å². The van der Waals surface area contributed by atoms with Crippen molar-refractivity contribution in [1.29, 1.82) is 0 Å². The topological polar surface area (TPSA) is 109 Å². The second-order valence-electron chi connectivity index (χ2n) is 5.88. The number of thioether (sulfide) groups is 1. The first-order chi connectivity index (χ1) is 13.0. The van der Waals surface area contributed by atoms with Crippen molar-refractivity contribution in [2.45, 2.75) is 13.3 Å². The Hall–Kier alpha value is -2.88. The van der Waals surface area contributed by atoms with E-state index in [1.807, 2.05) is 0 Å². The number of hydrogen-bond donors (Lipinski definition) is 1. The Labute approximate surface area is 160 Å². The summed E-state index contributed by atoms with van der Waals surface area (Å²) in [6.07, 6.45) is 2.28. The van der Waals surface area contributed by atoms with Gasteiger partial charge in [-0.3, -0.25) is 19.4 Å². The molecule has 0 atom stereocenters. The molecule has 2 aromatic rings. The molecule has 9 nitrogen and oxygen atoms in total. The van der Waals surface area contributed by atoms with Crippen molar-refractivity contribution in [3.05, 3.63) is 41.9 Å². The van der Waals surface area contributed by atoms with Crippen LogP contribution in [0.5, 0.6) is 0 Å². The summed E-state index contributed by atoms with van der Waals surface area (Å²) in [5.74, 6) is 0.383. The molecule has 0 unspecified atom stereocenters. The van der Waals surface area contributed by atoms with Crippen molar-refractivity contribution in [3.8, 4) is 0 Å². The quantitative estimate of drug-likeness (QED) is 0.794. The number of aromatic nitrogens is 2. The number of hydrogen-bond acceptors (Lipinski definition) is 7. The summed E-state index contributed by atoms with van der Waals surface area (Å²) >= 11 is 1.19. The molecule has 3 heterocycles. The monoisotopic (exact) mass is 389 g/mol. The van der Waals surface area contributed by atoms with Crippen LogP contribution >= 0.6 is 11.8 Å². The van der Waals surface area contributed by atoms with E-state index in [-0.39, 0.29) is 34.9 Å². The minimum absolute atomic E-state index is 0.0945. The maximum Gasteiger partial charge on any atom is 0.294 e. The van der Waals surface area contributed by atoms with E-state index in [1.54, 1.807) is 37.4 Å². The molecule has 0 spiro atoms. The molecule has 1 saturated heterocycles. The summed E-state index contributed by atoms with van der Waals surface area (Å²) in [6.45, 7) is 2.60. The van der Waals surface area contributed by atoms with E-state index in [0.29, 0.717) is 31.1 Å². The Bertz CT molecular complexity index is 826. The van der Waals surface area contributed by atoms with Crippen LogP contribution in [-0.2, 0) is 9.59 Å². The van der Waals surface area contributed by atoms with Crippen molar-refractivity contribution in [2.75, 3.05) is 29.9 Å². The van der Waals surface area contributed by atoms with Crippen LogP contribution in [0.15, 0.2) is 35.0 Å². The van der Waals surface area contributed by atoms with Gasteiger partial charge in [0.25, 0.3) is 11.8 Å². The van der Waals surface area contributed by atoms with Crippen molar-refractivity contribution < 1.29 is 18.9 Å². The maximum absolute atomic E-state index is 12.5. The first kappa shape index (κ1) is 18.9. The van der Waals surface area contributed by atoms with Crippen LogP contribution < -0.4 is 5.32 Å². The fourth-order valence-electron chi connectivity index (χ4n) is 2.60. The van der Waals surface area contributed by atoms with E-state index in [9.17, 15) is 14.4 Å². The minimum atomic E-state index is -0.365. The number of nitrogens with one attached hydrogen (secondary N) is 1. The molecule has 1 fully saturated rings. The predicted molar refractivity (Wildman–Crippen MR) is 98.8 cm³/mol. The number of nitrogens with zero attached hydrogens (tertiary/aromatic N) is 4. The third-order valence-corrected chi connectivity index (χ3v) is 4.71. The average Bonchev–Trinajstić information content (AvgIpc) is 3.31. The van der Waals surface area contributed by atoms with Crippen LogP contribution in [0.1, 0.15) is 22.7 Å². The molecule has 2 aromatic heterocycles. The second kappa shape index (κ2) is 8.67. The zero-order chi connectivity index (χ0) is 19.2. The van der Waals surface area contributed by atoms with Gasteiger partial charge in [0, 0.05) is 25.4 Å². The predicted octanol–water partition coefficient (Wildman–Crippen LogP) is 1.34. The third kappa shape index (κ3) is 4.85. The lowest BCUT2D eigenvalue weighted by atomic mass is 10.3. The second-order valence-corrected chi connectivity index (χ2v) is 6.86. The number of carbonyl (C=O) groups is 3. The van der Waals surface area contributed by atoms with Gasteiger partial charge in [-0.05, 0) is 25.5 Å². The normalized spacial score (nSPS) is 13.7. The van der Waals surface area contributed by atoms with E-state index in [0.717, 1.165) is 0 Å². The van der Waals surface area contributed by atoms with Gasteiger partial charge < -0.3 is 9.84 Å². The number of hydrazine groups is 1. The highest BCUT2D eigenvalue weighted by atomic mass is 32.2. The lowest BCUT2D eigenvalue weighted by Gasteiger charge is -2.27. The minimum Gasteiger partial charge on any atom is -0.361 e. The highest BCUT2D eigenvalue weighted by molar-refractivity contribution is 8.00. The number of pyridine rings is 1. The largest absolute Gasteiger partial charge is 0.361 e. The lowest BCUT2D eigenvalue weighted by molar-refractivity contribution is -0.137. The van der Waals surface area contributed by atoms with Gasteiger partial charge in [0.2, 0.25) is 5.91 Å². The number of rotatable bonds is 6. The molecule has 142 valence electrons. The molecule has 3 rings (SSSR count). The highest BCUT2D eigenvalue weighted by Gasteiger charge is 2.32. The van der Waals surface area contributed by atoms with E-state index >= 15 is 0 Å². The van der Waals surface area contributed by atoms with Crippen molar-refractivity contribution in [3.63, 3.8) is 0 Å². The Morgan fingerprint density at radius 3 is 2.74 bits per heavy atom. The van der Waals surface area contributed by atoms with Crippen molar-refractivity contribution in [1.82, 2.24) is 20.2 Å². The molecule has 0 aliphatic carbocycles. The lowest BCUT2D eigenvalue weighted by Crippen LogP contribution is -2.45. The van der Waals surface area contributed by atoms with Crippen LogP contribution in [-0.4, -0.2) is 62.5 Å². The molecular weight excluding hydrogens is 370 g/mol. The van der Waals surface area contributed by atoms with Crippen molar-refractivity contribution >= 4 is 35.3 Å². The summed E-state index contributed by atoms with van der Waals surface area (Å²) in [5.41, 5.74) is 0.176. The van der Waals surface area contributed by atoms with E-state index in [1.165, 1.54) is 21.8 Å². The fourth-order valence-corrected chi connectivity index (χ4v) is 3.29. The highest BCUT2D eigenvalue weighted by Crippen LogP contribution is 2.17. The van der Waals surface area contributed by atoms with Crippen LogP contribution in [0, 0.1) is 6.92 Å². The zero-order valence-corrected chi connectivity index (χ0v) is 15.6. The van der Waals surface area contributed by atoms with Gasteiger partial charge in [-0.2, -0.15) is 0 Å². The molecule has 1 N–H and O–H groups in total. The number of anilines is 1. The van der Waals surface area contributed by atoms with Gasteiger partial charge in [-0.15, -0.1) is 11.8 Å². The van der Waals surface area contributed by atoms with Gasteiger partial charge in [0.1, 0.15) is 11.6 Å². The number of carbonyl (C=O) groups excluding carboxylic acids is 3. The van der Waals surface area contributed by atoms with Gasteiger partial charge in [0.05, 0.1) is 11.5 Å². The van der Waals surface area contributed by atoms with E-state index in [2.05, 4.69) is 15.5 Å². The number of amides is 3. The molecule has 0 radical (unpaired) electrons. The van der Waals surface area contributed by atoms with Gasteiger partial charge >= 0.3 is 0 Å². The molecule has 27 heavy (non-hydrogen) atoms. The van der Waals surface area contributed by atoms with Crippen molar-refractivity contribution in [2.24, 2.45) is 0 Å². The first-order valence-electron chi connectivity index (χ1n) is 8.38. The van der Waals surface area contributed by atoms with Gasteiger partial charge in [-0.25, -0.2) is 9.99 Å². The summed E-state index contributed by atoms with van der Waals surface area (Å²) in [6, 6.07) is 6.76. The molecule has 0 bridgehead atoms. The van der Waals surface area contributed by atoms with Crippen LogP contribution in [0.4, 0.5) is 5.82 Å². The Morgan fingerprint density at radius 1 is 1.22 bits per heavy atom. The molecule has 1 aliphatic rings. The molecule has 1 aliphatic heterocycles. The van der Waals surface area contributed by atoms with E-state index < -0.39 is 0 Å². The Kier molecular flexibility index (Phi) is 6.07. The third-order valence-electron chi connectivity index (χ3n) is 3.79. The summed E-state index contributed by atoms with van der Waals surface area (Å²) < 4.78 is 4.93. The SMILES string of the molecule is Cc1cc(C(=O)N2CCCN2C(=O)CSCC(=O)Nc2ccccn2)no1.